The lowest BCUT2D eigenvalue weighted by Crippen LogP contribution is -2.35. The number of carbonyl (C=O) groups is 1. The highest BCUT2D eigenvalue weighted by molar-refractivity contribution is 5.97. The molecule has 3 heteroatoms. The molecule has 1 aliphatic rings. The summed E-state index contributed by atoms with van der Waals surface area (Å²) in [4.78, 5) is 16.9. The first-order chi connectivity index (χ1) is 9.38. The van der Waals surface area contributed by atoms with E-state index in [-0.39, 0.29) is 5.78 Å². The smallest absolute Gasteiger partial charge is 0.176 e. The van der Waals surface area contributed by atoms with Crippen LogP contribution in [0.4, 0.5) is 0 Å². The molecular formula is C17H26N2O. The monoisotopic (exact) mass is 274 g/mol. The predicted octanol–water partition coefficient (Wildman–Crippen LogP) is 2.37. The molecule has 0 spiro atoms. The zero-order valence-corrected chi connectivity index (χ0v) is 13.3. The second kappa shape index (κ2) is 6.06. The van der Waals surface area contributed by atoms with Crippen LogP contribution >= 0.6 is 0 Å². The third kappa shape index (κ3) is 3.28. The van der Waals surface area contributed by atoms with Gasteiger partial charge in [-0.1, -0.05) is 19.1 Å². The maximum Gasteiger partial charge on any atom is 0.176 e. The third-order valence-electron chi connectivity index (χ3n) is 4.51. The van der Waals surface area contributed by atoms with E-state index in [2.05, 4.69) is 44.7 Å². The van der Waals surface area contributed by atoms with Crippen molar-refractivity contribution in [3.63, 3.8) is 0 Å². The Morgan fingerprint density at radius 1 is 1.25 bits per heavy atom. The SMILES string of the molecule is Cc1ccc(C(=O)CN2CC(C)C(N(C)C)C2)cc1C. The Labute approximate surface area is 122 Å². The van der Waals surface area contributed by atoms with Crippen LogP contribution in [0, 0.1) is 19.8 Å². The number of likely N-dealkylation sites (tertiary alicyclic amines) is 1. The highest BCUT2D eigenvalue weighted by Crippen LogP contribution is 2.20. The van der Waals surface area contributed by atoms with Crippen LogP contribution in [0.3, 0.4) is 0 Å². The maximum atomic E-state index is 12.4. The van der Waals surface area contributed by atoms with E-state index >= 15 is 0 Å². The Hall–Kier alpha value is -1.19. The quantitative estimate of drug-likeness (QED) is 0.788. The molecule has 0 aromatic heterocycles. The first-order valence-electron chi connectivity index (χ1n) is 7.37. The van der Waals surface area contributed by atoms with Gasteiger partial charge in [-0.15, -0.1) is 0 Å². The molecule has 110 valence electrons. The van der Waals surface area contributed by atoms with Gasteiger partial charge in [-0.2, -0.15) is 0 Å². The molecule has 1 aromatic rings. The van der Waals surface area contributed by atoms with Gasteiger partial charge < -0.3 is 4.90 Å². The number of carbonyl (C=O) groups excluding carboxylic acids is 1. The number of rotatable bonds is 4. The zero-order valence-electron chi connectivity index (χ0n) is 13.3. The fourth-order valence-corrected chi connectivity index (χ4v) is 3.06. The molecule has 1 aromatic carbocycles. The average Bonchev–Trinajstić information content (AvgIpc) is 2.73. The average molecular weight is 274 g/mol. The van der Waals surface area contributed by atoms with Crippen LogP contribution in [-0.2, 0) is 0 Å². The van der Waals surface area contributed by atoms with Crippen LogP contribution in [0.5, 0.6) is 0 Å². The van der Waals surface area contributed by atoms with Gasteiger partial charge in [0.1, 0.15) is 0 Å². The van der Waals surface area contributed by atoms with Crippen LogP contribution in [0.15, 0.2) is 18.2 Å². The first kappa shape index (κ1) is 15.2. The molecule has 0 amide bonds. The molecule has 3 nitrogen and oxygen atoms in total. The van der Waals surface area contributed by atoms with E-state index in [9.17, 15) is 4.79 Å². The molecule has 1 saturated heterocycles. The Morgan fingerprint density at radius 2 is 1.95 bits per heavy atom. The molecule has 2 rings (SSSR count). The van der Waals surface area contributed by atoms with Gasteiger partial charge in [-0.05, 0) is 51.1 Å². The van der Waals surface area contributed by atoms with Crippen molar-refractivity contribution in [1.82, 2.24) is 9.80 Å². The van der Waals surface area contributed by atoms with E-state index in [1.54, 1.807) is 0 Å². The molecule has 0 saturated carbocycles. The summed E-state index contributed by atoms with van der Waals surface area (Å²) < 4.78 is 0. The Balaban J connectivity index is 2.00. The first-order valence-corrected chi connectivity index (χ1v) is 7.37. The van der Waals surface area contributed by atoms with Crippen molar-refractivity contribution in [3.05, 3.63) is 34.9 Å². The number of hydrogen-bond acceptors (Lipinski definition) is 3. The van der Waals surface area contributed by atoms with Crippen molar-refractivity contribution in [1.29, 1.82) is 0 Å². The van der Waals surface area contributed by atoms with Crippen LogP contribution in [0.1, 0.15) is 28.4 Å². The number of likely N-dealkylation sites (N-methyl/N-ethyl adjacent to an activating group) is 1. The van der Waals surface area contributed by atoms with Gasteiger partial charge in [-0.25, -0.2) is 0 Å². The summed E-state index contributed by atoms with van der Waals surface area (Å²) >= 11 is 0. The molecule has 20 heavy (non-hydrogen) atoms. The molecule has 2 atom stereocenters. The van der Waals surface area contributed by atoms with E-state index < -0.39 is 0 Å². The summed E-state index contributed by atoms with van der Waals surface area (Å²) in [6.07, 6.45) is 0. The lowest BCUT2D eigenvalue weighted by Gasteiger charge is -2.22. The van der Waals surface area contributed by atoms with Crippen LogP contribution in [0.25, 0.3) is 0 Å². The van der Waals surface area contributed by atoms with Crippen molar-refractivity contribution in [3.8, 4) is 0 Å². The number of aryl methyl sites for hydroxylation is 2. The number of nitrogens with zero attached hydrogens (tertiary/aromatic N) is 2. The predicted molar refractivity (Wildman–Crippen MR) is 83.3 cm³/mol. The topological polar surface area (TPSA) is 23.6 Å². The molecule has 0 bridgehead atoms. The second-order valence-electron chi connectivity index (χ2n) is 6.42. The fourth-order valence-electron chi connectivity index (χ4n) is 3.06. The highest BCUT2D eigenvalue weighted by atomic mass is 16.1. The van der Waals surface area contributed by atoms with Crippen molar-refractivity contribution in [2.75, 3.05) is 33.7 Å². The molecule has 1 heterocycles. The van der Waals surface area contributed by atoms with Gasteiger partial charge in [0.05, 0.1) is 6.54 Å². The summed E-state index contributed by atoms with van der Waals surface area (Å²) in [5, 5.41) is 0. The molecule has 1 aliphatic heterocycles. The molecule has 0 aliphatic carbocycles. The third-order valence-corrected chi connectivity index (χ3v) is 4.51. The minimum absolute atomic E-state index is 0.236. The van der Waals surface area contributed by atoms with E-state index in [4.69, 9.17) is 0 Å². The van der Waals surface area contributed by atoms with Gasteiger partial charge in [0.15, 0.2) is 5.78 Å². The number of ketones is 1. The van der Waals surface area contributed by atoms with Gasteiger partial charge >= 0.3 is 0 Å². The second-order valence-corrected chi connectivity index (χ2v) is 6.42. The Bertz CT molecular complexity index is 496. The largest absolute Gasteiger partial charge is 0.305 e. The van der Waals surface area contributed by atoms with E-state index in [1.165, 1.54) is 11.1 Å². The van der Waals surface area contributed by atoms with Gasteiger partial charge in [0.25, 0.3) is 0 Å². The summed E-state index contributed by atoms with van der Waals surface area (Å²) in [7, 11) is 4.24. The van der Waals surface area contributed by atoms with Crippen LogP contribution < -0.4 is 0 Å². The summed E-state index contributed by atoms with van der Waals surface area (Å²) in [5.41, 5.74) is 3.27. The number of Topliss-reactive ketones (excluding diaryl/α,β-unsaturated/α-hetero) is 1. The molecule has 1 fully saturated rings. The van der Waals surface area contributed by atoms with E-state index in [0.717, 1.165) is 18.7 Å². The highest BCUT2D eigenvalue weighted by Gasteiger charge is 2.31. The van der Waals surface area contributed by atoms with Gasteiger partial charge in [0.2, 0.25) is 0 Å². The van der Waals surface area contributed by atoms with Crippen molar-refractivity contribution >= 4 is 5.78 Å². The van der Waals surface area contributed by atoms with Gasteiger partial charge in [0, 0.05) is 24.7 Å². The minimum Gasteiger partial charge on any atom is -0.305 e. The number of benzene rings is 1. The van der Waals surface area contributed by atoms with Gasteiger partial charge in [-0.3, -0.25) is 9.69 Å². The van der Waals surface area contributed by atoms with Crippen molar-refractivity contribution < 1.29 is 4.79 Å². The lowest BCUT2D eigenvalue weighted by molar-refractivity contribution is 0.0941. The summed E-state index contributed by atoms with van der Waals surface area (Å²) in [5.74, 6) is 0.859. The summed E-state index contributed by atoms with van der Waals surface area (Å²) in [6, 6.07) is 6.56. The fraction of sp³-hybridized carbons (Fsp3) is 0.588. The van der Waals surface area contributed by atoms with Crippen molar-refractivity contribution in [2.45, 2.75) is 26.8 Å². The molecule has 2 unspecified atom stereocenters. The number of hydrogen-bond donors (Lipinski definition) is 0. The van der Waals surface area contributed by atoms with Crippen LogP contribution in [0.2, 0.25) is 0 Å². The molecular weight excluding hydrogens is 248 g/mol. The Kier molecular flexibility index (Phi) is 4.61. The summed E-state index contributed by atoms with van der Waals surface area (Å²) in [6.45, 7) is 8.95. The zero-order chi connectivity index (χ0) is 14.9. The van der Waals surface area contributed by atoms with Crippen molar-refractivity contribution in [2.24, 2.45) is 5.92 Å². The van der Waals surface area contributed by atoms with E-state index in [1.807, 2.05) is 18.2 Å². The Morgan fingerprint density at radius 3 is 2.50 bits per heavy atom. The lowest BCUT2D eigenvalue weighted by atomic mass is 10.0. The normalized spacial score (nSPS) is 23.5. The maximum absolute atomic E-state index is 12.4. The van der Waals surface area contributed by atoms with E-state index in [0.29, 0.717) is 18.5 Å². The minimum atomic E-state index is 0.236. The standard InChI is InChI=1S/C17H26N2O/c1-12-6-7-15(8-13(12)2)17(20)11-19-9-14(3)16(10-19)18(4)5/h6-8,14,16H,9-11H2,1-5H3. The van der Waals surface area contributed by atoms with Crippen LogP contribution in [-0.4, -0.2) is 55.4 Å². The molecule has 0 radical (unpaired) electrons. The molecule has 0 N–H and O–H groups in total.